The van der Waals surface area contributed by atoms with Crippen LogP contribution in [0.25, 0.3) is 0 Å². The molecule has 0 aliphatic carbocycles. The Labute approximate surface area is 109 Å². The quantitative estimate of drug-likeness (QED) is 0.756. The average Bonchev–Trinajstić information content (AvgIpc) is 2.53. The molecule has 0 saturated heterocycles. The van der Waals surface area contributed by atoms with Crippen molar-refractivity contribution in [2.45, 2.75) is 58.5 Å². The summed E-state index contributed by atoms with van der Waals surface area (Å²) in [7, 11) is 1.80. The Bertz CT molecular complexity index is 349. The molecule has 1 rings (SSSR count). The molecule has 0 radical (unpaired) electrons. The molecule has 0 aliphatic rings. The van der Waals surface area contributed by atoms with Gasteiger partial charge in [0.15, 0.2) is 0 Å². The fourth-order valence-corrected chi connectivity index (χ4v) is 2.41. The van der Waals surface area contributed by atoms with E-state index in [4.69, 9.17) is 11.6 Å². The number of aryl methyl sites for hydroxylation is 2. The lowest BCUT2D eigenvalue weighted by Crippen LogP contribution is -1.99. The Kier molecular flexibility index (Phi) is 6.00. The van der Waals surface area contributed by atoms with Crippen LogP contribution in [0.15, 0.2) is 0 Å². The SMILES string of the molecule is CCCCCCCC(O)c1c(C)nn(C)c1Cl. The minimum absolute atomic E-state index is 0.474. The number of nitrogens with zero attached hydrogens (tertiary/aromatic N) is 2. The fourth-order valence-electron chi connectivity index (χ4n) is 2.11. The van der Waals surface area contributed by atoms with Crippen molar-refractivity contribution in [2.75, 3.05) is 0 Å². The lowest BCUT2D eigenvalue weighted by atomic mass is 10.0. The predicted octanol–water partition coefficient (Wildman–Crippen LogP) is 3.78. The van der Waals surface area contributed by atoms with E-state index in [1.165, 1.54) is 25.7 Å². The first-order chi connectivity index (χ1) is 8.07. The summed E-state index contributed by atoms with van der Waals surface area (Å²) in [5.74, 6) is 0. The third-order valence-corrected chi connectivity index (χ3v) is 3.56. The minimum Gasteiger partial charge on any atom is -0.388 e. The van der Waals surface area contributed by atoms with Gasteiger partial charge in [-0.3, -0.25) is 4.68 Å². The van der Waals surface area contributed by atoms with Crippen LogP contribution in [0.4, 0.5) is 0 Å². The summed E-state index contributed by atoms with van der Waals surface area (Å²) in [4.78, 5) is 0. The summed E-state index contributed by atoms with van der Waals surface area (Å²) in [5.41, 5.74) is 1.63. The van der Waals surface area contributed by atoms with E-state index in [9.17, 15) is 5.11 Å². The van der Waals surface area contributed by atoms with E-state index in [2.05, 4.69) is 12.0 Å². The monoisotopic (exact) mass is 258 g/mol. The zero-order valence-corrected chi connectivity index (χ0v) is 11.8. The van der Waals surface area contributed by atoms with Crippen molar-refractivity contribution in [3.05, 3.63) is 16.4 Å². The number of aromatic nitrogens is 2. The minimum atomic E-state index is -0.474. The first-order valence-electron chi connectivity index (χ1n) is 6.45. The highest BCUT2D eigenvalue weighted by Crippen LogP contribution is 2.29. The average molecular weight is 259 g/mol. The van der Waals surface area contributed by atoms with Gasteiger partial charge in [0.05, 0.1) is 11.8 Å². The van der Waals surface area contributed by atoms with Crippen LogP contribution in [0.5, 0.6) is 0 Å². The molecule has 0 fully saturated rings. The fraction of sp³-hybridized carbons (Fsp3) is 0.769. The third kappa shape index (κ3) is 4.00. The zero-order valence-electron chi connectivity index (χ0n) is 11.0. The molecule has 0 saturated carbocycles. The molecule has 1 unspecified atom stereocenters. The molecule has 1 aromatic rings. The van der Waals surface area contributed by atoms with Crippen molar-refractivity contribution in [3.8, 4) is 0 Å². The molecule has 0 bridgehead atoms. The van der Waals surface area contributed by atoms with Crippen LogP contribution in [-0.2, 0) is 7.05 Å². The largest absolute Gasteiger partial charge is 0.388 e. The Morgan fingerprint density at radius 2 is 1.94 bits per heavy atom. The Hall–Kier alpha value is -0.540. The maximum atomic E-state index is 10.1. The summed E-state index contributed by atoms with van der Waals surface area (Å²) >= 11 is 6.11. The number of halogens is 1. The van der Waals surface area contributed by atoms with Gasteiger partial charge in [-0.1, -0.05) is 50.6 Å². The van der Waals surface area contributed by atoms with Crippen LogP contribution >= 0.6 is 11.6 Å². The van der Waals surface area contributed by atoms with E-state index in [0.717, 1.165) is 24.1 Å². The molecule has 0 aliphatic heterocycles. The van der Waals surface area contributed by atoms with Crippen LogP contribution < -0.4 is 0 Å². The first-order valence-corrected chi connectivity index (χ1v) is 6.82. The maximum Gasteiger partial charge on any atom is 0.132 e. The zero-order chi connectivity index (χ0) is 12.8. The second kappa shape index (κ2) is 7.02. The second-order valence-corrected chi connectivity index (χ2v) is 4.99. The van der Waals surface area contributed by atoms with Gasteiger partial charge in [-0.25, -0.2) is 0 Å². The summed E-state index contributed by atoms with van der Waals surface area (Å²) in [6.45, 7) is 4.09. The predicted molar refractivity (Wildman–Crippen MR) is 71.3 cm³/mol. The van der Waals surface area contributed by atoms with Crippen LogP contribution in [0.1, 0.15) is 62.8 Å². The van der Waals surface area contributed by atoms with Crippen molar-refractivity contribution < 1.29 is 5.11 Å². The van der Waals surface area contributed by atoms with E-state index in [1.54, 1.807) is 11.7 Å². The van der Waals surface area contributed by atoms with Gasteiger partial charge in [0.25, 0.3) is 0 Å². The highest BCUT2D eigenvalue weighted by molar-refractivity contribution is 6.30. The smallest absolute Gasteiger partial charge is 0.132 e. The molecule has 3 nitrogen and oxygen atoms in total. The molecular weight excluding hydrogens is 236 g/mol. The van der Waals surface area contributed by atoms with E-state index >= 15 is 0 Å². The van der Waals surface area contributed by atoms with E-state index in [1.807, 2.05) is 6.92 Å². The number of aliphatic hydroxyl groups is 1. The first kappa shape index (κ1) is 14.5. The molecule has 98 valence electrons. The maximum absolute atomic E-state index is 10.1. The van der Waals surface area contributed by atoms with Gasteiger partial charge in [0.2, 0.25) is 0 Å². The molecule has 1 aromatic heterocycles. The Morgan fingerprint density at radius 1 is 1.29 bits per heavy atom. The van der Waals surface area contributed by atoms with Crippen molar-refractivity contribution in [1.29, 1.82) is 0 Å². The van der Waals surface area contributed by atoms with Gasteiger partial charge >= 0.3 is 0 Å². The topological polar surface area (TPSA) is 38.1 Å². The van der Waals surface area contributed by atoms with Gasteiger partial charge in [-0.05, 0) is 13.3 Å². The Morgan fingerprint density at radius 3 is 2.47 bits per heavy atom. The summed E-state index contributed by atoms with van der Waals surface area (Å²) in [6.07, 6.45) is 6.31. The molecule has 17 heavy (non-hydrogen) atoms. The highest BCUT2D eigenvalue weighted by Gasteiger charge is 2.18. The molecule has 0 spiro atoms. The molecule has 1 heterocycles. The molecule has 1 atom stereocenters. The molecule has 0 aromatic carbocycles. The van der Waals surface area contributed by atoms with Crippen LogP contribution in [0, 0.1) is 6.92 Å². The van der Waals surface area contributed by atoms with Crippen molar-refractivity contribution in [1.82, 2.24) is 9.78 Å². The highest BCUT2D eigenvalue weighted by atomic mass is 35.5. The van der Waals surface area contributed by atoms with Gasteiger partial charge in [-0.2, -0.15) is 5.10 Å². The van der Waals surface area contributed by atoms with Gasteiger partial charge in [0.1, 0.15) is 5.15 Å². The Balaban J connectivity index is 2.44. The molecule has 1 N–H and O–H groups in total. The summed E-state index contributed by atoms with van der Waals surface area (Å²) < 4.78 is 1.62. The molecule has 4 heteroatoms. The van der Waals surface area contributed by atoms with E-state index < -0.39 is 6.10 Å². The van der Waals surface area contributed by atoms with Crippen molar-refractivity contribution in [3.63, 3.8) is 0 Å². The molecule has 0 amide bonds. The normalized spacial score (nSPS) is 13.0. The standard InChI is InChI=1S/C13H23ClN2O/c1-4-5-6-7-8-9-11(17)12-10(2)15-16(3)13(12)14/h11,17H,4-9H2,1-3H3. The van der Waals surface area contributed by atoms with Crippen molar-refractivity contribution in [2.24, 2.45) is 7.05 Å². The van der Waals surface area contributed by atoms with Gasteiger partial charge < -0.3 is 5.11 Å². The van der Waals surface area contributed by atoms with Crippen LogP contribution in [0.3, 0.4) is 0 Å². The molecular formula is C13H23ClN2O. The summed E-state index contributed by atoms with van der Waals surface area (Å²) in [6, 6.07) is 0. The summed E-state index contributed by atoms with van der Waals surface area (Å²) in [5, 5.41) is 14.9. The van der Waals surface area contributed by atoms with Crippen LogP contribution in [-0.4, -0.2) is 14.9 Å². The van der Waals surface area contributed by atoms with Crippen molar-refractivity contribution >= 4 is 11.6 Å². The second-order valence-electron chi connectivity index (χ2n) is 4.63. The van der Waals surface area contributed by atoms with E-state index in [-0.39, 0.29) is 0 Å². The third-order valence-electron chi connectivity index (χ3n) is 3.11. The number of hydrogen-bond donors (Lipinski definition) is 1. The van der Waals surface area contributed by atoms with Crippen LogP contribution in [0.2, 0.25) is 5.15 Å². The lowest BCUT2D eigenvalue weighted by Gasteiger charge is -2.10. The lowest BCUT2D eigenvalue weighted by molar-refractivity contribution is 0.162. The van der Waals surface area contributed by atoms with Gasteiger partial charge in [-0.15, -0.1) is 0 Å². The number of aliphatic hydroxyl groups excluding tert-OH is 1. The number of unbranched alkanes of at least 4 members (excludes halogenated alkanes) is 4. The number of rotatable bonds is 7. The van der Waals surface area contributed by atoms with Gasteiger partial charge in [0, 0.05) is 12.6 Å². The van der Waals surface area contributed by atoms with E-state index in [0.29, 0.717) is 5.15 Å². The number of hydrogen-bond acceptors (Lipinski definition) is 2.